The molecule has 0 aliphatic carbocycles. The van der Waals surface area contributed by atoms with Gasteiger partial charge in [-0.15, -0.1) is 11.3 Å². The van der Waals surface area contributed by atoms with Crippen LogP contribution in [0.3, 0.4) is 0 Å². The van der Waals surface area contributed by atoms with Crippen molar-refractivity contribution in [2.75, 3.05) is 25.0 Å². The van der Waals surface area contributed by atoms with Gasteiger partial charge >= 0.3 is 0 Å². The van der Waals surface area contributed by atoms with Crippen molar-refractivity contribution < 1.29 is 9.53 Å². The lowest BCUT2D eigenvalue weighted by molar-refractivity contribution is 0.0948. The number of nitrogens with zero attached hydrogens (tertiary/aromatic N) is 2. The first kappa shape index (κ1) is 19.9. The van der Waals surface area contributed by atoms with Gasteiger partial charge in [0.15, 0.2) is 0 Å². The van der Waals surface area contributed by atoms with Gasteiger partial charge in [0.2, 0.25) is 0 Å². The van der Waals surface area contributed by atoms with E-state index in [1.165, 1.54) is 17.0 Å². The van der Waals surface area contributed by atoms with Crippen LogP contribution in [0, 0.1) is 0 Å². The Bertz CT molecular complexity index is 853. The molecular weight excluding hydrogens is 370 g/mol. The average Bonchev–Trinajstić information content (AvgIpc) is 3.26. The molecule has 0 fully saturated rings. The zero-order valence-corrected chi connectivity index (χ0v) is 16.8. The van der Waals surface area contributed by atoms with Crippen molar-refractivity contribution in [2.45, 2.75) is 19.4 Å². The molecule has 5 nitrogen and oxygen atoms in total. The minimum absolute atomic E-state index is 0.106. The Morgan fingerprint density at radius 2 is 1.89 bits per heavy atom. The first-order valence-electron chi connectivity index (χ1n) is 9.37. The number of carbonyl (C=O) groups is 1. The average molecular weight is 396 g/mol. The Kier molecular flexibility index (Phi) is 7.44. The number of aromatic nitrogens is 1. The Labute approximate surface area is 170 Å². The lowest BCUT2D eigenvalue weighted by Crippen LogP contribution is -2.26. The number of hydrogen-bond acceptors (Lipinski definition) is 5. The Morgan fingerprint density at radius 3 is 2.68 bits per heavy atom. The van der Waals surface area contributed by atoms with Crippen molar-refractivity contribution >= 4 is 22.9 Å². The van der Waals surface area contributed by atoms with E-state index < -0.39 is 0 Å². The van der Waals surface area contributed by atoms with Gasteiger partial charge in [0, 0.05) is 31.2 Å². The first-order valence-corrected chi connectivity index (χ1v) is 10.3. The van der Waals surface area contributed by atoms with Crippen molar-refractivity contribution in [1.29, 1.82) is 0 Å². The summed E-state index contributed by atoms with van der Waals surface area (Å²) in [4.78, 5) is 19.0. The van der Waals surface area contributed by atoms with E-state index in [9.17, 15) is 4.79 Å². The van der Waals surface area contributed by atoms with Gasteiger partial charge in [-0.25, -0.2) is 4.98 Å². The van der Waals surface area contributed by atoms with E-state index in [1.54, 1.807) is 11.6 Å². The summed E-state index contributed by atoms with van der Waals surface area (Å²) in [6, 6.07) is 17.6. The summed E-state index contributed by atoms with van der Waals surface area (Å²) in [5.74, 6) is 0.474. The fourth-order valence-electron chi connectivity index (χ4n) is 2.82. The molecule has 0 bridgehead atoms. The second-order valence-electron chi connectivity index (χ2n) is 6.48. The molecule has 3 rings (SSSR count). The Morgan fingerprint density at radius 1 is 1.11 bits per heavy atom. The minimum Gasteiger partial charge on any atom is -0.486 e. The molecule has 0 aliphatic heterocycles. The van der Waals surface area contributed by atoms with Crippen molar-refractivity contribution in [2.24, 2.45) is 0 Å². The topological polar surface area (TPSA) is 54.5 Å². The summed E-state index contributed by atoms with van der Waals surface area (Å²) < 4.78 is 5.79. The van der Waals surface area contributed by atoms with Crippen molar-refractivity contribution in [3.8, 4) is 5.75 Å². The third-order valence-electron chi connectivity index (χ3n) is 4.39. The molecule has 0 saturated carbocycles. The molecule has 1 aromatic heterocycles. The SMILES string of the molecule is CN(CCCCNC(=O)c1ccccc1OCc1cscn1)c1ccccc1. The second-order valence-corrected chi connectivity index (χ2v) is 7.20. The molecule has 1 heterocycles. The van der Waals surface area contributed by atoms with Gasteiger partial charge in [0.25, 0.3) is 5.91 Å². The molecule has 3 aromatic rings. The fourth-order valence-corrected chi connectivity index (χ4v) is 3.37. The van der Waals surface area contributed by atoms with Gasteiger partial charge in [-0.2, -0.15) is 0 Å². The standard InChI is InChI=1S/C22H25N3O2S/c1-25(19-9-3-2-4-10-19)14-8-7-13-23-22(26)20-11-5-6-12-21(20)27-15-18-16-28-17-24-18/h2-6,9-12,16-17H,7-8,13-15H2,1H3,(H,23,26). The number of anilines is 1. The molecule has 1 amide bonds. The van der Waals surface area contributed by atoms with Crippen LogP contribution in [0.4, 0.5) is 5.69 Å². The van der Waals surface area contributed by atoms with Crippen LogP contribution in [0.2, 0.25) is 0 Å². The fraction of sp³-hybridized carbons (Fsp3) is 0.273. The van der Waals surface area contributed by atoms with Gasteiger partial charge in [0.05, 0.1) is 16.8 Å². The van der Waals surface area contributed by atoms with Crippen LogP contribution in [0.1, 0.15) is 28.9 Å². The Hall–Kier alpha value is -2.86. The number of ether oxygens (including phenoxy) is 1. The summed E-state index contributed by atoms with van der Waals surface area (Å²) in [7, 11) is 2.09. The zero-order chi connectivity index (χ0) is 19.6. The normalized spacial score (nSPS) is 10.5. The predicted octanol–water partition coefficient (Wildman–Crippen LogP) is 4.37. The van der Waals surface area contributed by atoms with E-state index in [2.05, 4.69) is 34.4 Å². The van der Waals surface area contributed by atoms with Crippen LogP contribution < -0.4 is 15.0 Å². The number of thiazole rings is 1. The molecule has 0 aliphatic rings. The van der Waals surface area contributed by atoms with Crippen LogP contribution in [0.25, 0.3) is 0 Å². The summed E-state index contributed by atoms with van der Waals surface area (Å²) >= 11 is 1.53. The highest BCUT2D eigenvalue weighted by Gasteiger charge is 2.12. The molecule has 0 atom stereocenters. The van der Waals surface area contributed by atoms with Gasteiger partial charge < -0.3 is 15.0 Å². The quantitative estimate of drug-likeness (QED) is 0.518. The number of benzene rings is 2. The maximum atomic E-state index is 12.5. The van der Waals surface area contributed by atoms with Crippen LogP contribution in [0.15, 0.2) is 65.5 Å². The smallest absolute Gasteiger partial charge is 0.255 e. The minimum atomic E-state index is -0.106. The van der Waals surface area contributed by atoms with Gasteiger partial charge in [-0.1, -0.05) is 30.3 Å². The highest BCUT2D eigenvalue weighted by molar-refractivity contribution is 7.07. The number of rotatable bonds is 10. The number of para-hydroxylation sites is 2. The van der Waals surface area contributed by atoms with E-state index in [4.69, 9.17) is 4.74 Å². The zero-order valence-electron chi connectivity index (χ0n) is 16.0. The molecular formula is C22H25N3O2S. The van der Waals surface area contributed by atoms with E-state index in [0.29, 0.717) is 24.5 Å². The summed E-state index contributed by atoms with van der Waals surface area (Å²) in [5, 5.41) is 4.93. The largest absolute Gasteiger partial charge is 0.486 e. The number of nitrogens with one attached hydrogen (secondary N) is 1. The highest BCUT2D eigenvalue weighted by Crippen LogP contribution is 2.19. The van der Waals surface area contributed by atoms with E-state index in [-0.39, 0.29) is 5.91 Å². The summed E-state index contributed by atoms with van der Waals surface area (Å²) in [6.45, 7) is 1.95. The predicted molar refractivity (Wildman–Crippen MR) is 114 cm³/mol. The van der Waals surface area contributed by atoms with E-state index >= 15 is 0 Å². The summed E-state index contributed by atoms with van der Waals surface area (Å²) in [5.41, 5.74) is 4.40. The van der Waals surface area contributed by atoms with Gasteiger partial charge in [-0.05, 0) is 37.1 Å². The molecule has 28 heavy (non-hydrogen) atoms. The third-order valence-corrected chi connectivity index (χ3v) is 5.03. The molecule has 0 unspecified atom stereocenters. The van der Waals surface area contributed by atoms with Crippen LogP contribution >= 0.6 is 11.3 Å². The van der Waals surface area contributed by atoms with Crippen LogP contribution in [0.5, 0.6) is 5.75 Å². The maximum Gasteiger partial charge on any atom is 0.255 e. The highest BCUT2D eigenvalue weighted by atomic mass is 32.1. The number of carbonyl (C=O) groups excluding carboxylic acids is 1. The summed E-state index contributed by atoms with van der Waals surface area (Å²) in [6.07, 6.45) is 1.93. The van der Waals surface area contributed by atoms with Crippen molar-refractivity contribution in [1.82, 2.24) is 10.3 Å². The molecule has 6 heteroatoms. The monoisotopic (exact) mass is 395 g/mol. The molecule has 0 radical (unpaired) electrons. The van der Waals surface area contributed by atoms with Crippen LogP contribution in [-0.4, -0.2) is 31.0 Å². The third kappa shape index (κ3) is 5.82. The first-order chi connectivity index (χ1) is 13.7. The van der Waals surface area contributed by atoms with E-state index in [0.717, 1.165) is 25.1 Å². The molecule has 2 aromatic carbocycles. The molecule has 0 spiro atoms. The maximum absolute atomic E-state index is 12.5. The van der Waals surface area contributed by atoms with E-state index in [1.807, 2.05) is 41.8 Å². The Balaban J connectivity index is 1.42. The molecule has 0 saturated heterocycles. The molecule has 146 valence electrons. The van der Waals surface area contributed by atoms with Crippen molar-refractivity contribution in [3.05, 3.63) is 76.7 Å². The van der Waals surface area contributed by atoms with Gasteiger partial charge in [0.1, 0.15) is 12.4 Å². The lowest BCUT2D eigenvalue weighted by Gasteiger charge is -2.19. The lowest BCUT2D eigenvalue weighted by atomic mass is 10.2. The van der Waals surface area contributed by atoms with Gasteiger partial charge in [-0.3, -0.25) is 4.79 Å². The number of unbranched alkanes of at least 4 members (excludes halogenated alkanes) is 1. The molecule has 1 N–H and O–H groups in total. The number of amides is 1. The van der Waals surface area contributed by atoms with Crippen molar-refractivity contribution in [3.63, 3.8) is 0 Å². The number of hydrogen-bond donors (Lipinski definition) is 1. The van der Waals surface area contributed by atoms with Crippen LogP contribution in [-0.2, 0) is 6.61 Å². The second kappa shape index (κ2) is 10.5.